The molecule has 1 atom stereocenters. The predicted molar refractivity (Wildman–Crippen MR) is 62.1 cm³/mol. The Balaban J connectivity index is 2.26. The summed E-state index contributed by atoms with van der Waals surface area (Å²) in [6, 6.07) is 6.98. The van der Waals surface area contributed by atoms with Gasteiger partial charge in [0.2, 0.25) is 0 Å². The van der Waals surface area contributed by atoms with Crippen LogP contribution in [0.2, 0.25) is 5.02 Å². The van der Waals surface area contributed by atoms with Crippen molar-refractivity contribution in [3.8, 4) is 0 Å². The summed E-state index contributed by atoms with van der Waals surface area (Å²) in [6.45, 7) is 0. The minimum absolute atomic E-state index is 0.222. The van der Waals surface area contributed by atoms with Gasteiger partial charge in [0.25, 0.3) is 0 Å². The lowest BCUT2D eigenvalue weighted by atomic mass is 9.91. The molecule has 0 aromatic heterocycles. The summed E-state index contributed by atoms with van der Waals surface area (Å²) in [4.78, 5) is 11.7. The van der Waals surface area contributed by atoms with Crippen LogP contribution in [0.5, 0.6) is 0 Å². The second-order valence-corrected chi connectivity index (χ2v) is 4.62. The molecule has 0 spiro atoms. The van der Waals surface area contributed by atoms with Crippen LogP contribution in [0.1, 0.15) is 24.4 Å². The Hall–Kier alpha value is -1.06. The predicted octanol–water partition coefficient (Wildman–Crippen LogP) is 2.29. The van der Waals surface area contributed by atoms with Crippen molar-refractivity contribution in [1.82, 2.24) is 0 Å². The van der Waals surface area contributed by atoms with Crippen molar-refractivity contribution in [3.05, 3.63) is 34.9 Å². The number of hydrogen-bond donors (Lipinski definition) is 1. The van der Waals surface area contributed by atoms with E-state index in [0.29, 0.717) is 5.02 Å². The summed E-state index contributed by atoms with van der Waals surface area (Å²) in [5.41, 5.74) is 6.48. The lowest BCUT2D eigenvalue weighted by molar-refractivity contribution is -0.148. The van der Waals surface area contributed by atoms with Gasteiger partial charge < -0.3 is 10.5 Å². The number of methoxy groups -OCH3 is 1. The Bertz CT molecular complexity index is 415. The minimum atomic E-state index is -0.528. The molecule has 86 valence electrons. The van der Waals surface area contributed by atoms with Gasteiger partial charge in [-0.2, -0.15) is 0 Å². The van der Waals surface area contributed by atoms with Crippen LogP contribution in [-0.4, -0.2) is 13.1 Å². The molecule has 2 rings (SSSR count). The molecular formula is C12H14ClNO2. The average molecular weight is 240 g/mol. The number of hydrogen-bond acceptors (Lipinski definition) is 3. The Morgan fingerprint density at radius 3 is 2.75 bits per heavy atom. The molecule has 3 nitrogen and oxygen atoms in total. The zero-order valence-electron chi connectivity index (χ0n) is 9.07. The molecule has 0 bridgehead atoms. The molecular weight excluding hydrogens is 226 g/mol. The van der Waals surface area contributed by atoms with Crippen molar-refractivity contribution in [3.63, 3.8) is 0 Å². The van der Waals surface area contributed by atoms with Crippen LogP contribution in [0.4, 0.5) is 0 Å². The molecule has 0 aliphatic heterocycles. The van der Waals surface area contributed by atoms with Crippen molar-refractivity contribution in [2.24, 2.45) is 11.1 Å². The number of carbonyl (C=O) groups excluding carboxylic acids is 1. The SMILES string of the molecule is COC(=O)C1(C(N)c2cccc(Cl)c2)CC1. The van der Waals surface area contributed by atoms with Gasteiger partial charge in [0.15, 0.2) is 0 Å². The summed E-state index contributed by atoms with van der Waals surface area (Å²) in [5.74, 6) is -0.222. The highest BCUT2D eigenvalue weighted by Gasteiger charge is 2.56. The number of nitrogens with two attached hydrogens (primary N) is 1. The second kappa shape index (κ2) is 4.07. The van der Waals surface area contributed by atoms with E-state index in [0.717, 1.165) is 18.4 Å². The summed E-state index contributed by atoms with van der Waals surface area (Å²) in [6.07, 6.45) is 1.57. The van der Waals surface area contributed by atoms with Gasteiger partial charge >= 0.3 is 5.97 Å². The number of ether oxygens (including phenoxy) is 1. The van der Waals surface area contributed by atoms with E-state index in [1.54, 1.807) is 12.1 Å². The third-order valence-corrected chi connectivity index (χ3v) is 3.42. The minimum Gasteiger partial charge on any atom is -0.469 e. The summed E-state index contributed by atoms with van der Waals surface area (Å²) in [7, 11) is 1.40. The fourth-order valence-corrected chi connectivity index (χ4v) is 2.20. The van der Waals surface area contributed by atoms with Gasteiger partial charge in [-0.3, -0.25) is 4.79 Å². The Kier molecular flexibility index (Phi) is 2.91. The molecule has 1 aromatic rings. The molecule has 16 heavy (non-hydrogen) atoms. The van der Waals surface area contributed by atoms with Crippen molar-refractivity contribution < 1.29 is 9.53 Å². The first-order valence-corrected chi connectivity index (χ1v) is 5.57. The Morgan fingerprint density at radius 2 is 2.25 bits per heavy atom. The molecule has 0 heterocycles. The first kappa shape index (κ1) is 11.4. The van der Waals surface area contributed by atoms with Crippen LogP contribution >= 0.6 is 11.6 Å². The van der Waals surface area contributed by atoms with Crippen molar-refractivity contribution in [2.75, 3.05) is 7.11 Å². The highest BCUT2D eigenvalue weighted by Crippen LogP contribution is 2.54. The first-order chi connectivity index (χ1) is 7.60. The monoisotopic (exact) mass is 239 g/mol. The number of rotatable bonds is 3. The van der Waals surface area contributed by atoms with Gasteiger partial charge in [-0.25, -0.2) is 0 Å². The Morgan fingerprint density at radius 1 is 1.56 bits per heavy atom. The number of esters is 1. The van der Waals surface area contributed by atoms with Gasteiger partial charge in [0, 0.05) is 11.1 Å². The molecule has 1 aliphatic carbocycles. The maximum Gasteiger partial charge on any atom is 0.313 e. The quantitative estimate of drug-likeness (QED) is 0.824. The fraction of sp³-hybridized carbons (Fsp3) is 0.417. The van der Waals surface area contributed by atoms with Crippen molar-refractivity contribution in [1.29, 1.82) is 0 Å². The molecule has 2 N–H and O–H groups in total. The molecule has 0 saturated heterocycles. The maximum absolute atomic E-state index is 11.7. The molecule has 0 radical (unpaired) electrons. The average Bonchev–Trinajstić information content (AvgIpc) is 3.08. The van der Waals surface area contributed by atoms with Gasteiger partial charge in [-0.1, -0.05) is 23.7 Å². The molecule has 4 heteroatoms. The summed E-state index contributed by atoms with van der Waals surface area (Å²) in [5, 5.41) is 0.633. The van der Waals surface area contributed by atoms with E-state index in [2.05, 4.69) is 0 Å². The third-order valence-electron chi connectivity index (χ3n) is 3.18. The van der Waals surface area contributed by atoms with E-state index < -0.39 is 5.41 Å². The first-order valence-electron chi connectivity index (χ1n) is 5.19. The van der Waals surface area contributed by atoms with E-state index in [4.69, 9.17) is 22.1 Å². The smallest absolute Gasteiger partial charge is 0.313 e. The standard InChI is InChI=1S/C12H14ClNO2/c1-16-11(15)12(5-6-12)10(14)8-3-2-4-9(13)7-8/h2-4,7,10H,5-6,14H2,1H3. The molecule has 0 amide bonds. The highest BCUT2D eigenvalue weighted by atomic mass is 35.5. The lowest BCUT2D eigenvalue weighted by Gasteiger charge is -2.21. The van der Waals surface area contributed by atoms with E-state index >= 15 is 0 Å². The van der Waals surface area contributed by atoms with Crippen molar-refractivity contribution >= 4 is 17.6 Å². The van der Waals surface area contributed by atoms with Gasteiger partial charge in [0.1, 0.15) is 0 Å². The van der Waals surface area contributed by atoms with Crippen LogP contribution in [0, 0.1) is 5.41 Å². The van der Waals surface area contributed by atoms with Crippen LogP contribution in [0.3, 0.4) is 0 Å². The topological polar surface area (TPSA) is 52.3 Å². The Labute approximate surface area is 99.5 Å². The van der Waals surface area contributed by atoms with Crippen molar-refractivity contribution in [2.45, 2.75) is 18.9 Å². The summed E-state index contributed by atoms with van der Waals surface area (Å²) >= 11 is 5.90. The number of halogens is 1. The third kappa shape index (κ3) is 1.81. The van der Waals surface area contributed by atoms with E-state index in [9.17, 15) is 4.79 Å². The normalized spacial score (nSPS) is 18.9. The van der Waals surface area contributed by atoms with Crippen LogP contribution in [0.15, 0.2) is 24.3 Å². The second-order valence-electron chi connectivity index (χ2n) is 4.18. The highest BCUT2D eigenvalue weighted by molar-refractivity contribution is 6.30. The van der Waals surface area contributed by atoms with Gasteiger partial charge in [-0.05, 0) is 30.5 Å². The van der Waals surface area contributed by atoms with E-state index in [-0.39, 0.29) is 12.0 Å². The van der Waals surface area contributed by atoms with Gasteiger partial charge in [-0.15, -0.1) is 0 Å². The number of benzene rings is 1. The van der Waals surface area contributed by atoms with E-state index in [1.807, 2.05) is 12.1 Å². The molecule has 1 aliphatic rings. The lowest BCUT2D eigenvalue weighted by Crippen LogP contribution is -2.31. The van der Waals surface area contributed by atoms with Crippen LogP contribution < -0.4 is 5.73 Å². The number of carbonyl (C=O) groups is 1. The molecule has 1 fully saturated rings. The molecule has 1 saturated carbocycles. The fourth-order valence-electron chi connectivity index (χ4n) is 2.00. The molecule has 1 aromatic carbocycles. The zero-order chi connectivity index (χ0) is 11.8. The van der Waals surface area contributed by atoms with Crippen LogP contribution in [-0.2, 0) is 9.53 Å². The molecule has 1 unspecified atom stereocenters. The van der Waals surface area contributed by atoms with E-state index in [1.165, 1.54) is 7.11 Å². The van der Waals surface area contributed by atoms with Crippen LogP contribution in [0.25, 0.3) is 0 Å². The van der Waals surface area contributed by atoms with Gasteiger partial charge in [0.05, 0.1) is 12.5 Å². The summed E-state index contributed by atoms with van der Waals surface area (Å²) < 4.78 is 4.80. The zero-order valence-corrected chi connectivity index (χ0v) is 9.83. The largest absolute Gasteiger partial charge is 0.469 e. The maximum atomic E-state index is 11.7.